The number of amides is 1. The van der Waals surface area contributed by atoms with Crippen molar-refractivity contribution in [1.29, 1.82) is 0 Å². The Bertz CT molecular complexity index is 422. The summed E-state index contributed by atoms with van der Waals surface area (Å²) < 4.78 is 7.17. The SMILES string of the molecule is COCC1(C(=O)NCc2nccn2C(C)C)CC1. The van der Waals surface area contributed by atoms with Gasteiger partial charge in [0.1, 0.15) is 5.82 Å². The number of ether oxygens (including phenoxy) is 1. The number of imidazole rings is 1. The highest BCUT2D eigenvalue weighted by molar-refractivity contribution is 5.85. The second-order valence-electron chi connectivity index (χ2n) is 5.24. The van der Waals surface area contributed by atoms with E-state index < -0.39 is 0 Å². The van der Waals surface area contributed by atoms with Crippen LogP contribution in [0.5, 0.6) is 0 Å². The number of hydrogen-bond donors (Lipinski definition) is 1. The van der Waals surface area contributed by atoms with Gasteiger partial charge >= 0.3 is 0 Å². The summed E-state index contributed by atoms with van der Waals surface area (Å²) in [6, 6.07) is 0.355. The Kier molecular flexibility index (Phi) is 3.71. The van der Waals surface area contributed by atoms with Crippen molar-refractivity contribution in [1.82, 2.24) is 14.9 Å². The number of carbonyl (C=O) groups excluding carboxylic acids is 1. The van der Waals surface area contributed by atoms with Crippen molar-refractivity contribution in [2.75, 3.05) is 13.7 Å². The molecule has 0 spiro atoms. The molecule has 1 aliphatic carbocycles. The van der Waals surface area contributed by atoms with Crippen LogP contribution >= 0.6 is 0 Å². The van der Waals surface area contributed by atoms with Gasteiger partial charge in [0, 0.05) is 25.5 Å². The van der Waals surface area contributed by atoms with Gasteiger partial charge in [-0.2, -0.15) is 0 Å². The molecule has 1 N–H and O–H groups in total. The standard InChI is InChI=1S/C13H21N3O2/c1-10(2)16-7-6-14-11(16)8-15-12(17)13(4-5-13)9-18-3/h6-7,10H,4-5,8-9H2,1-3H3,(H,15,17). The number of nitrogens with one attached hydrogen (secondary N) is 1. The Hall–Kier alpha value is -1.36. The molecule has 0 aliphatic heterocycles. The van der Waals surface area contributed by atoms with Crippen molar-refractivity contribution in [3.63, 3.8) is 0 Å². The van der Waals surface area contributed by atoms with E-state index in [1.807, 2.05) is 6.20 Å². The Balaban J connectivity index is 1.92. The maximum Gasteiger partial charge on any atom is 0.228 e. The van der Waals surface area contributed by atoms with Crippen molar-refractivity contribution in [3.05, 3.63) is 18.2 Å². The summed E-state index contributed by atoms with van der Waals surface area (Å²) in [5.74, 6) is 0.981. The second-order valence-corrected chi connectivity index (χ2v) is 5.24. The van der Waals surface area contributed by atoms with Crippen molar-refractivity contribution in [2.45, 2.75) is 39.3 Å². The molecule has 0 bridgehead atoms. The topological polar surface area (TPSA) is 56.1 Å². The molecule has 0 aromatic carbocycles. The van der Waals surface area contributed by atoms with E-state index in [2.05, 4.69) is 28.7 Å². The molecule has 100 valence electrons. The van der Waals surface area contributed by atoms with Crippen molar-refractivity contribution < 1.29 is 9.53 Å². The average molecular weight is 251 g/mol. The molecular weight excluding hydrogens is 230 g/mol. The number of carbonyl (C=O) groups is 1. The van der Waals surface area contributed by atoms with E-state index in [0.29, 0.717) is 19.2 Å². The molecule has 1 heterocycles. The number of methoxy groups -OCH3 is 1. The van der Waals surface area contributed by atoms with Crippen LogP contribution in [0.1, 0.15) is 38.6 Å². The van der Waals surface area contributed by atoms with Crippen LogP contribution in [-0.2, 0) is 16.1 Å². The first kappa shape index (κ1) is 13.1. The highest BCUT2D eigenvalue weighted by Gasteiger charge is 2.49. The smallest absolute Gasteiger partial charge is 0.228 e. The van der Waals surface area contributed by atoms with Crippen LogP contribution in [0.3, 0.4) is 0 Å². The molecule has 1 saturated carbocycles. The molecular formula is C13H21N3O2. The van der Waals surface area contributed by atoms with E-state index in [9.17, 15) is 4.79 Å². The molecule has 1 fully saturated rings. The predicted octanol–water partition coefficient (Wildman–Crippen LogP) is 1.51. The highest BCUT2D eigenvalue weighted by Crippen LogP contribution is 2.45. The van der Waals surface area contributed by atoms with Crippen molar-refractivity contribution in [3.8, 4) is 0 Å². The highest BCUT2D eigenvalue weighted by atomic mass is 16.5. The monoisotopic (exact) mass is 251 g/mol. The quantitative estimate of drug-likeness (QED) is 0.833. The molecule has 0 unspecified atom stereocenters. The van der Waals surface area contributed by atoms with Gasteiger partial charge in [0.25, 0.3) is 0 Å². The van der Waals surface area contributed by atoms with Gasteiger partial charge in [0.2, 0.25) is 5.91 Å². The van der Waals surface area contributed by atoms with E-state index in [1.165, 1.54) is 0 Å². The summed E-state index contributed by atoms with van der Waals surface area (Å²) in [5.41, 5.74) is -0.274. The summed E-state index contributed by atoms with van der Waals surface area (Å²) in [5, 5.41) is 2.97. The molecule has 0 saturated heterocycles. The molecule has 1 aromatic heterocycles. The largest absolute Gasteiger partial charge is 0.384 e. The Morgan fingerprint density at radius 2 is 2.33 bits per heavy atom. The molecule has 0 atom stereocenters. The van der Waals surface area contributed by atoms with Gasteiger partial charge in [0.15, 0.2) is 0 Å². The molecule has 1 aromatic rings. The molecule has 0 radical (unpaired) electrons. The van der Waals surface area contributed by atoms with Gasteiger partial charge in [-0.3, -0.25) is 4.79 Å². The van der Waals surface area contributed by atoms with E-state index in [1.54, 1.807) is 13.3 Å². The van der Waals surface area contributed by atoms with Gasteiger partial charge < -0.3 is 14.6 Å². The van der Waals surface area contributed by atoms with Crippen LogP contribution in [0.15, 0.2) is 12.4 Å². The Labute approximate surface area is 108 Å². The van der Waals surface area contributed by atoms with Crippen LogP contribution in [0.4, 0.5) is 0 Å². The third kappa shape index (κ3) is 2.56. The molecule has 1 amide bonds. The van der Waals surface area contributed by atoms with Gasteiger partial charge in [-0.05, 0) is 26.7 Å². The van der Waals surface area contributed by atoms with E-state index >= 15 is 0 Å². The average Bonchev–Trinajstić information content (AvgIpc) is 2.96. The lowest BCUT2D eigenvalue weighted by atomic mass is 10.1. The van der Waals surface area contributed by atoms with Crippen LogP contribution in [-0.4, -0.2) is 29.2 Å². The van der Waals surface area contributed by atoms with E-state index in [-0.39, 0.29) is 11.3 Å². The van der Waals surface area contributed by atoms with Gasteiger partial charge in [-0.15, -0.1) is 0 Å². The lowest BCUT2D eigenvalue weighted by Crippen LogP contribution is -2.35. The van der Waals surface area contributed by atoms with Crippen LogP contribution < -0.4 is 5.32 Å². The lowest BCUT2D eigenvalue weighted by molar-refractivity contribution is -0.128. The second kappa shape index (κ2) is 5.10. The zero-order valence-electron chi connectivity index (χ0n) is 11.3. The molecule has 5 nitrogen and oxygen atoms in total. The number of hydrogen-bond acceptors (Lipinski definition) is 3. The number of rotatable bonds is 6. The maximum atomic E-state index is 12.1. The summed E-state index contributed by atoms with van der Waals surface area (Å²) in [4.78, 5) is 16.3. The first-order chi connectivity index (χ1) is 8.59. The summed E-state index contributed by atoms with van der Waals surface area (Å²) in [6.45, 7) is 5.19. The third-order valence-electron chi connectivity index (χ3n) is 3.47. The first-order valence-electron chi connectivity index (χ1n) is 6.38. The predicted molar refractivity (Wildman–Crippen MR) is 68.0 cm³/mol. The summed E-state index contributed by atoms with van der Waals surface area (Å²) in [6.07, 6.45) is 5.55. The minimum Gasteiger partial charge on any atom is -0.384 e. The van der Waals surface area contributed by atoms with Gasteiger partial charge in [0.05, 0.1) is 18.6 Å². The zero-order chi connectivity index (χ0) is 13.2. The first-order valence-corrected chi connectivity index (χ1v) is 6.38. The lowest BCUT2D eigenvalue weighted by Gasteiger charge is -2.15. The summed E-state index contributed by atoms with van der Waals surface area (Å²) in [7, 11) is 1.64. The normalized spacial score (nSPS) is 16.9. The van der Waals surface area contributed by atoms with Crippen molar-refractivity contribution in [2.24, 2.45) is 5.41 Å². The maximum absolute atomic E-state index is 12.1. The third-order valence-corrected chi connectivity index (χ3v) is 3.47. The van der Waals surface area contributed by atoms with Gasteiger partial charge in [-0.1, -0.05) is 0 Å². The molecule has 5 heteroatoms. The zero-order valence-corrected chi connectivity index (χ0v) is 11.3. The summed E-state index contributed by atoms with van der Waals surface area (Å²) >= 11 is 0. The van der Waals surface area contributed by atoms with E-state index in [0.717, 1.165) is 18.7 Å². The minimum absolute atomic E-state index is 0.0858. The fourth-order valence-corrected chi connectivity index (χ4v) is 2.16. The Morgan fingerprint density at radius 1 is 1.61 bits per heavy atom. The van der Waals surface area contributed by atoms with Crippen LogP contribution in [0, 0.1) is 5.41 Å². The molecule has 18 heavy (non-hydrogen) atoms. The number of nitrogens with zero attached hydrogens (tertiary/aromatic N) is 2. The fraction of sp³-hybridized carbons (Fsp3) is 0.692. The molecule has 2 rings (SSSR count). The van der Waals surface area contributed by atoms with Gasteiger partial charge in [-0.25, -0.2) is 4.98 Å². The van der Waals surface area contributed by atoms with Crippen LogP contribution in [0.25, 0.3) is 0 Å². The van der Waals surface area contributed by atoms with Crippen molar-refractivity contribution >= 4 is 5.91 Å². The molecule has 1 aliphatic rings. The number of aromatic nitrogens is 2. The van der Waals surface area contributed by atoms with E-state index in [4.69, 9.17) is 4.74 Å². The minimum atomic E-state index is -0.274. The fourth-order valence-electron chi connectivity index (χ4n) is 2.16. The van der Waals surface area contributed by atoms with Crippen LogP contribution in [0.2, 0.25) is 0 Å². The Morgan fingerprint density at radius 3 is 2.89 bits per heavy atom.